The smallest absolute Gasteiger partial charge is 0.258 e. The molecule has 0 saturated carbocycles. The molecule has 2 aliphatic rings. The Morgan fingerprint density at radius 3 is 3.05 bits per heavy atom. The second-order valence-electron chi connectivity index (χ2n) is 5.17. The molecule has 19 heavy (non-hydrogen) atoms. The molecule has 102 valence electrons. The molecule has 0 aliphatic carbocycles. The Bertz CT molecular complexity index is 503. The first kappa shape index (κ1) is 12.3. The van der Waals surface area contributed by atoms with E-state index in [0.717, 1.165) is 12.8 Å². The number of piperidine rings is 1. The highest BCUT2D eigenvalue weighted by molar-refractivity contribution is 5.98. The van der Waals surface area contributed by atoms with Crippen LogP contribution >= 0.6 is 0 Å². The third-order valence-electron chi connectivity index (χ3n) is 3.80. The second-order valence-corrected chi connectivity index (χ2v) is 5.17. The monoisotopic (exact) mass is 262 g/mol. The second kappa shape index (κ2) is 4.74. The molecule has 2 N–H and O–H groups in total. The highest BCUT2D eigenvalue weighted by atomic mass is 16.7. The van der Waals surface area contributed by atoms with Crippen LogP contribution in [0.5, 0.6) is 11.5 Å². The van der Waals surface area contributed by atoms with Gasteiger partial charge in [0, 0.05) is 18.6 Å². The topological polar surface area (TPSA) is 64.8 Å². The molecule has 0 radical (unpaired) electrons. The molecular formula is C14H18N2O3. The Morgan fingerprint density at radius 2 is 2.26 bits per heavy atom. The van der Waals surface area contributed by atoms with E-state index in [4.69, 9.17) is 15.2 Å². The lowest BCUT2D eigenvalue weighted by atomic mass is 9.98. The lowest BCUT2D eigenvalue weighted by Gasteiger charge is -2.36. The van der Waals surface area contributed by atoms with Crippen LogP contribution in [-0.4, -0.2) is 36.2 Å². The number of nitrogens with zero attached hydrogens (tertiary/aromatic N) is 1. The minimum Gasteiger partial charge on any atom is -0.454 e. The van der Waals surface area contributed by atoms with Gasteiger partial charge in [-0.2, -0.15) is 0 Å². The maximum atomic E-state index is 12.6. The van der Waals surface area contributed by atoms with Gasteiger partial charge in [0.15, 0.2) is 11.5 Å². The molecule has 1 aromatic carbocycles. The quantitative estimate of drug-likeness (QED) is 0.830. The van der Waals surface area contributed by atoms with Gasteiger partial charge in [0.25, 0.3) is 5.91 Å². The maximum absolute atomic E-state index is 12.6. The summed E-state index contributed by atoms with van der Waals surface area (Å²) in [5, 5.41) is 0. The van der Waals surface area contributed by atoms with Gasteiger partial charge >= 0.3 is 0 Å². The van der Waals surface area contributed by atoms with Crippen LogP contribution in [0.15, 0.2) is 18.2 Å². The lowest BCUT2D eigenvalue weighted by Crippen LogP contribution is -2.48. The van der Waals surface area contributed by atoms with Crippen molar-refractivity contribution in [3.63, 3.8) is 0 Å². The Kier molecular flexibility index (Phi) is 3.06. The summed E-state index contributed by atoms with van der Waals surface area (Å²) in [6.07, 6.45) is 1.70. The lowest BCUT2D eigenvalue weighted by molar-refractivity contribution is 0.0614. The normalized spacial score (nSPS) is 25.5. The Balaban J connectivity index is 1.87. The first-order valence-corrected chi connectivity index (χ1v) is 6.62. The first-order chi connectivity index (χ1) is 9.16. The van der Waals surface area contributed by atoms with Crippen molar-refractivity contribution in [3.05, 3.63) is 23.8 Å². The Morgan fingerprint density at radius 1 is 1.42 bits per heavy atom. The fourth-order valence-corrected chi connectivity index (χ4v) is 2.76. The minimum atomic E-state index is 0.00162. The summed E-state index contributed by atoms with van der Waals surface area (Å²) >= 11 is 0. The zero-order valence-electron chi connectivity index (χ0n) is 11.0. The minimum absolute atomic E-state index is 0.00162. The van der Waals surface area contributed by atoms with Crippen molar-refractivity contribution in [2.45, 2.75) is 31.8 Å². The van der Waals surface area contributed by atoms with Crippen LogP contribution in [0, 0.1) is 0 Å². The van der Waals surface area contributed by atoms with Crippen LogP contribution in [0.25, 0.3) is 0 Å². The molecule has 0 unspecified atom stereocenters. The number of hydrogen-bond donors (Lipinski definition) is 1. The number of ether oxygens (including phenoxy) is 2. The molecule has 0 spiro atoms. The van der Waals surface area contributed by atoms with Crippen LogP contribution in [0.1, 0.15) is 30.1 Å². The average Bonchev–Trinajstić information content (AvgIpc) is 2.86. The Labute approximate surface area is 112 Å². The van der Waals surface area contributed by atoms with Gasteiger partial charge < -0.3 is 20.1 Å². The van der Waals surface area contributed by atoms with E-state index in [-0.39, 0.29) is 24.8 Å². The molecule has 2 heterocycles. The van der Waals surface area contributed by atoms with Crippen molar-refractivity contribution in [2.75, 3.05) is 13.3 Å². The van der Waals surface area contributed by atoms with Crippen molar-refractivity contribution in [3.8, 4) is 11.5 Å². The number of carbonyl (C=O) groups is 1. The van der Waals surface area contributed by atoms with Crippen LogP contribution in [-0.2, 0) is 0 Å². The molecule has 1 amide bonds. The molecule has 3 rings (SSSR count). The fourth-order valence-electron chi connectivity index (χ4n) is 2.76. The van der Waals surface area contributed by atoms with Gasteiger partial charge in [0.2, 0.25) is 6.79 Å². The number of likely N-dealkylation sites (tertiary alicyclic amines) is 1. The van der Waals surface area contributed by atoms with Crippen LogP contribution in [0.2, 0.25) is 0 Å². The molecule has 0 bridgehead atoms. The van der Waals surface area contributed by atoms with Crippen LogP contribution in [0.4, 0.5) is 0 Å². The summed E-state index contributed by atoms with van der Waals surface area (Å²) in [6.45, 7) is 2.92. The van der Waals surface area contributed by atoms with E-state index < -0.39 is 0 Å². The summed E-state index contributed by atoms with van der Waals surface area (Å²) in [5.41, 5.74) is 6.51. The van der Waals surface area contributed by atoms with Gasteiger partial charge in [-0.25, -0.2) is 0 Å². The van der Waals surface area contributed by atoms with Crippen molar-refractivity contribution < 1.29 is 14.3 Å². The number of carbonyl (C=O) groups excluding carboxylic acids is 1. The standard InChI is InChI=1S/C14H18N2O3/c1-9-7-10(15)5-6-16(9)14(17)11-3-2-4-12-13(11)19-8-18-12/h2-4,9-10H,5-8,15H2,1H3/t9-,10+/m1/s1. The van der Waals surface area contributed by atoms with E-state index in [9.17, 15) is 4.79 Å². The average molecular weight is 262 g/mol. The summed E-state index contributed by atoms with van der Waals surface area (Å²) in [6, 6.07) is 5.78. The van der Waals surface area contributed by atoms with Gasteiger partial charge in [0.05, 0.1) is 5.56 Å². The van der Waals surface area contributed by atoms with E-state index >= 15 is 0 Å². The molecule has 2 atom stereocenters. The van der Waals surface area contributed by atoms with Gasteiger partial charge in [-0.1, -0.05) is 6.07 Å². The van der Waals surface area contributed by atoms with Crippen LogP contribution < -0.4 is 15.2 Å². The SMILES string of the molecule is C[C@@H]1C[C@@H](N)CCN1C(=O)c1cccc2c1OCO2. The zero-order valence-corrected chi connectivity index (χ0v) is 11.0. The number of amides is 1. The molecule has 1 fully saturated rings. The van der Waals surface area contributed by atoms with Gasteiger partial charge in [-0.05, 0) is 31.9 Å². The molecule has 1 aromatic rings. The van der Waals surface area contributed by atoms with Crippen molar-refractivity contribution in [2.24, 2.45) is 5.73 Å². The van der Waals surface area contributed by atoms with E-state index in [2.05, 4.69) is 0 Å². The highest BCUT2D eigenvalue weighted by Crippen LogP contribution is 2.36. The predicted octanol–water partition coefficient (Wildman–Crippen LogP) is 1.37. The Hall–Kier alpha value is -1.75. The maximum Gasteiger partial charge on any atom is 0.258 e. The van der Waals surface area contributed by atoms with Gasteiger partial charge in [-0.15, -0.1) is 0 Å². The highest BCUT2D eigenvalue weighted by Gasteiger charge is 2.31. The zero-order chi connectivity index (χ0) is 13.4. The summed E-state index contributed by atoms with van der Waals surface area (Å²) in [4.78, 5) is 14.5. The molecule has 2 aliphatic heterocycles. The van der Waals surface area contributed by atoms with Crippen molar-refractivity contribution >= 4 is 5.91 Å². The molecule has 5 heteroatoms. The first-order valence-electron chi connectivity index (χ1n) is 6.62. The number of benzene rings is 1. The number of fused-ring (bicyclic) bond motifs is 1. The van der Waals surface area contributed by atoms with Crippen molar-refractivity contribution in [1.29, 1.82) is 0 Å². The van der Waals surface area contributed by atoms with E-state index in [1.165, 1.54) is 0 Å². The van der Waals surface area contributed by atoms with E-state index in [0.29, 0.717) is 23.6 Å². The van der Waals surface area contributed by atoms with Gasteiger partial charge in [0.1, 0.15) is 0 Å². The van der Waals surface area contributed by atoms with Crippen LogP contribution in [0.3, 0.4) is 0 Å². The molecule has 5 nitrogen and oxygen atoms in total. The van der Waals surface area contributed by atoms with Gasteiger partial charge in [-0.3, -0.25) is 4.79 Å². The number of nitrogens with two attached hydrogens (primary N) is 1. The molecule has 1 saturated heterocycles. The molecular weight excluding hydrogens is 244 g/mol. The number of para-hydroxylation sites is 1. The fraction of sp³-hybridized carbons (Fsp3) is 0.500. The number of rotatable bonds is 1. The number of hydrogen-bond acceptors (Lipinski definition) is 4. The third-order valence-corrected chi connectivity index (χ3v) is 3.80. The largest absolute Gasteiger partial charge is 0.454 e. The summed E-state index contributed by atoms with van der Waals surface area (Å²) in [5.74, 6) is 1.21. The molecule has 0 aromatic heterocycles. The predicted molar refractivity (Wildman–Crippen MR) is 70.3 cm³/mol. The van der Waals surface area contributed by atoms with E-state index in [1.54, 1.807) is 6.07 Å². The third kappa shape index (κ3) is 2.14. The summed E-state index contributed by atoms with van der Waals surface area (Å²) < 4.78 is 10.7. The van der Waals surface area contributed by atoms with E-state index in [1.807, 2.05) is 24.0 Å². The van der Waals surface area contributed by atoms with Crippen molar-refractivity contribution in [1.82, 2.24) is 4.90 Å². The summed E-state index contributed by atoms with van der Waals surface area (Å²) in [7, 11) is 0.